The summed E-state index contributed by atoms with van der Waals surface area (Å²) in [5.41, 5.74) is 3.41. The molecule has 0 bridgehead atoms. The number of pyridine rings is 1. The van der Waals surface area contributed by atoms with Crippen LogP contribution in [0.15, 0.2) is 24.4 Å². The molecular weight excluding hydrogens is 446 g/mol. The van der Waals surface area contributed by atoms with E-state index in [2.05, 4.69) is 25.6 Å². The minimum absolute atomic E-state index is 0.00580. The number of halogens is 1. The Kier molecular flexibility index (Phi) is 6.64. The zero-order valence-corrected chi connectivity index (χ0v) is 19.5. The van der Waals surface area contributed by atoms with Gasteiger partial charge in [-0.3, -0.25) is 19.4 Å². The van der Waals surface area contributed by atoms with E-state index in [0.29, 0.717) is 60.3 Å². The van der Waals surface area contributed by atoms with Gasteiger partial charge in [-0.25, -0.2) is 4.98 Å². The summed E-state index contributed by atoms with van der Waals surface area (Å²) in [5.74, 6) is 0.0956. The van der Waals surface area contributed by atoms with Gasteiger partial charge in [0.25, 0.3) is 5.91 Å². The second-order valence-corrected chi connectivity index (χ2v) is 8.47. The summed E-state index contributed by atoms with van der Waals surface area (Å²) in [6.07, 6.45) is 2.69. The molecule has 0 radical (unpaired) electrons. The fourth-order valence-electron chi connectivity index (χ4n) is 3.86. The molecule has 2 N–H and O–H groups in total. The molecule has 0 spiro atoms. The number of likely N-dealkylation sites (tertiary alicyclic amines) is 1. The topological polar surface area (TPSA) is 118 Å². The van der Waals surface area contributed by atoms with Gasteiger partial charge in [0, 0.05) is 43.4 Å². The highest BCUT2D eigenvalue weighted by atomic mass is 35.5. The van der Waals surface area contributed by atoms with Crippen molar-refractivity contribution in [2.75, 3.05) is 20.2 Å². The summed E-state index contributed by atoms with van der Waals surface area (Å²) in [6, 6.07) is 5.30. The number of aryl methyl sites for hydroxylation is 2. The van der Waals surface area contributed by atoms with E-state index in [4.69, 9.17) is 16.3 Å². The number of hydrogen-bond donors (Lipinski definition) is 2. The Bertz CT molecular complexity index is 1150. The Morgan fingerprint density at radius 3 is 2.70 bits per heavy atom. The van der Waals surface area contributed by atoms with Gasteiger partial charge in [-0.1, -0.05) is 11.6 Å². The Morgan fingerprint density at radius 1 is 1.27 bits per heavy atom. The highest BCUT2D eigenvalue weighted by molar-refractivity contribution is 6.33. The molecule has 1 aliphatic heterocycles. The fraction of sp³-hybridized carbons (Fsp3) is 0.409. The van der Waals surface area contributed by atoms with Crippen LogP contribution < -0.4 is 10.1 Å². The van der Waals surface area contributed by atoms with Crippen LogP contribution in [-0.4, -0.2) is 61.9 Å². The summed E-state index contributed by atoms with van der Waals surface area (Å²) in [7, 11) is 3.39. The molecule has 1 saturated heterocycles. The van der Waals surface area contributed by atoms with E-state index in [1.807, 2.05) is 20.0 Å². The molecule has 0 aromatic carbocycles. The third-order valence-corrected chi connectivity index (χ3v) is 6.19. The number of hydrogen-bond acceptors (Lipinski definition) is 6. The number of nitrogens with one attached hydrogen (secondary N) is 2. The molecule has 0 unspecified atom stereocenters. The quantitative estimate of drug-likeness (QED) is 0.569. The lowest BCUT2D eigenvalue weighted by atomic mass is 9.95. The Morgan fingerprint density at radius 2 is 2.03 bits per heavy atom. The van der Waals surface area contributed by atoms with Crippen molar-refractivity contribution >= 4 is 23.4 Å². The minimum Gasteiger partial charge on any atom is -0.481 e. The maximum absolute atomic E-state index is 12.9. The largest absolute Gasteiger partial charge is 0.481 e. The van der Waals surface area contributed by atoms with Gasteiger partial charge in [0.1, 0.15) is 0 Å². The molecule has 1 fully saturated rings. The highest BCUT2D eigenvalue weighted by Gasteiger charge is 2.29. The molecule has 2 amide bonds. The van der Waals surface area contributed by atoms with Crippen molar-refractivity contribution in [2.45, 2.75) is 26.3 Å². The fourth-order valence-corrected chi connectivity index (χ4v) is 4.06. The van der Waals surface area contributed by atoms with Crippen molar-refractivity contribution in [3.63, 3.8) is 0 Å². The number of rotatable bonds is 6. The molecule has 11 heteroatoms. The monoisotopic (exact) mass is 471 g/mol. The van der Waals surface area contributed by atoms with Crippen molar-refractivity contribution in [2.24, 2.45) is 13.0 Å². The first-order chi connectivity index (χ1) is 15.9. The van der Waals surface area contributed by atoms with Crippen LogP contribution in [0.3, 0.4) is 0 Å². The van der Waals surface area contributed by atoms with Crippen LogP contribution in [0, 0.1) is 12.8 Å². The number of carbonyl (C=O) groups is 2. The summed E-state index contributed by atoms with van der Waals surface area (Å²) in [6.45, 7) is 3.35. The molecule has 0 saturated carbocycles. The second-order valence-electron chi connectivity index (χ2n) is 8.06. The number of carbonyl (C=O) groups excluding carboxylic acids is 2. The number of piperidine rings is 1. The highest BCUT2D eigenvalue weighted by Crippen LogP contribution is 2.29. The molecule has 4 heterocycles. The lowest BCUT2D eigenvalue weighted by Gasteiger charge is -2.30. The van der Waals surface area contributed by atoms with Crippen molar-refractivity contribution in [1.82, 2.24) is 35.2 Å². The third-order valence-electron chi connectivity index (χ3n) is 5.89. The number of aromatic amines is 1. The van der Waals surface area contributed by atoms with Crippen LogP contribution in [-0.2, 0) is 18.4 Å². The first-order valence-electron chi connectivity index (χ1n) is 10.7. The van der Waals surface area contributed by atoms with E-state index in [9.17, 15) is 9.59 Å². The molecule has 174 valence electrons. The SMILES string of the molecule is COc1cc(-c2cc(C(=O)N3CCC(C(=O)NCc4cc(C)n(C)n4)CC3)n[nH]2)c(Cl)cn1. The van der Waals surface area contributed by atoms with Gasteiger partial charge in [0.2, 0.25) is 11.8 Å². The van der Waals surface area contributed by atoms with Crippen LogP contribution in [0.25, 0.3) is 11.3 Å². The standard InChI is InChI=1S/C22H26ClN7O3/c1-13-8-15(28-29(13)2)11-25-21(31)14-4-6-30(7-5-14)22(32)19-10-18(26-27-19)16-9-20(33-3)24-12-17(16)23/h8-10,12,14H,4-7,11H2,1-3H3,(H,25,31)(H,26,27). The molecule has 10 nitrogen and oxygen atoms in total. The normalized spacial score (nSPS) is 14.4. The smallest absolute Gasteiger partial charge is 0.274 e. The Labute approximate surface area is 196 Å². The lowest BCUT2D eigenvalue weighted by Crippen LogP contribution is -2.43. The molecule has 0 aliphatic carbocycles. The first-order valence-corrected chi connectivity index (χ1v) is 11.1. The van der Waals surface area contributed by atoms with Crippen LogP contribution in [0.5, 0.6) is 5.88 Å². The van der Waals surface area contributed by atoms with Crippen LogP contribution in [0.4, 0.5) is 0 Å². The van der Waals surface area contributed by atoms with Crippen LogP contribution in [0.2, 0.25) is 5.02 Å². The maximum Gasteiger partial charge on any atom is 0.274 e. The predicted octanol–water partition coefficient (Wildman–Crippen LogP) is 2.34. The van der Waals surface area contributed by atoms with Gasteiger partial charge in [-0.2, -0.15) is 10.2 Å². The van der Waals surface area contributed by atoms with Crippen LogP contribution in [0.1, 0.15) is 34.7 Å². The lowest BCUT2D eigenvalue weighted by molar-refractivity contribution is -0.126. The number of amides is 2. The number of methoxy groups -OCH3 is 1. The predicted molar refractivity (Wildman–Crippen MR) is 122 cm³/mol. The maximum atomic E-state index is 12.9. The van der Waals surface area contributed by atoms with E-state index in [0.717, 1.165) is 11.4 Å². The van der Waals surface area contributed by atoms with Gasteiger partial charge < -0.3 is 15.0 Å². The number of ether oxygens (including phenoxy) is 1. The van der Waals surface area contributed by atoms with Gasteiger partial charge in [0.15, 0.2) is 5.69 Å². The zero-order chi connectivity index (χ0) is 23.5. The zero-order valence-electron chi connectivity index (χ0n) is 18.8. The van der Waals surface area contributed by atoms with Gasteiger partial charge in [-0.15, -0.1) is 0 Å². The van der Waals surface area contributed by atoms with Crippen molar-refractivity contribution < 1.29 is 14.3 Å². The first kappa shape index (κ1) is 22.8. The summed E-state index contributed by atoms with van der Waals surface area (Å²) in [5, 5.41) is 14.8. The molecular formula is C22H26ClN7O3. The average Bonchev–Trinajstić information content (AvgIpc) is 3.44. The third kappa shape index (κ3) is 5.00. The second kappa shape index (κ2) is 9.62. The summed E-state index contributed by atoms with van der Waals surface area (Å²) < 4.78 is 6.93. The molecule has 3 aromatic heterocycles. The van der Waals surface area contributed by atoms with E-state index in [-0.39, 0.29) is 17.7 Å². The minimum atomic E-state index is -0.183. The number of H-pyrrole nitrogens is 1. The van der Waals surface area contributed by atoms with E-state index >= 15 is 0 Å². The van der Waals surface area contributed by atoms with Gasteiger partial charge in [0.05, 0.1) is 36.3 Å². The summed E-state index contributed by atoms with van der Waals surface area (Å²) >= 11 is 6.24. The summed E-state index contributed by atoms with van der Waals surface area (Å²) in [4.78, 5) is 31.3. The molecule has 1 aliphatic rings. The Balaban J connectivity index is 1.33. The Hall–Kier alpha value is -3.40. The molecule has 33 heavy (non-hydrogen) atoms. The number of aromatic nitrogens is 5. The van der Waals surface area contributed by atoms with Gasteiger partial charge >= 0.3 is 0 Å². The van der Waals surface area contributed by atoms with Crippen molar-refractivity contribution in [3.05, 3.63) is 46.5 Å². The molecule has 4 rings (SSSR count). The number of nitrogens with zero attached hydrogens (tertiary/aromatic N) is 5. The van der Waals surface area contributed by atoms with Crippen molar-refractivity contribution in [3.8, 4) is 17.1 Å². The van der Waals surface area contributed by atoms with E-state index in [1.165, 1.54) is 13.3 Å². The van der Waals surface area contributed by atoms with E-state index < -0.39 is 0 Å². The molecule has 3 aromatic rings. The average molecular weight is 472 g/mol. The van der Waals surface area contributed by atoms with Crippen LogP contribution >= 0.6 is 11.6 Å². The van der Waals surface area contributed by atoms with Gasteiger partial charge in [-0.05, 0) is 31.9 Å². The van der Waals surface area contributed by atoms with Crippen molar-refractivity contribution in [1.29, 1.82) is 0 Å². The van der Waals surface area contributed by atoms with E-state index in [1.54, 1.807) is 21.7 Å². The molecule has 0 atom stereocenters.